The first-order valence-corrected chi connectivity index (χ1v) is 11.3. The Labute approximate surface area is 197 Å². The molecule has 31 heavy (non-hydrogen) atoms. The number of methoxy groups -OCH3 is 2. The molecule has 0 saturated carbocycles. The molecule has 172 valence electrons. The van der Waals surface area contributed by atoms with E-state index in [-0.39, 0.29) is 18.8 Å². The lowest BCUT2D eigenvalue weighted by Crippen LogP contribution is -2.25. The van der Waals surface area contributed by atoms with E-state index < -0.39 is 17.9 Å². The fraction of sp³-hybridized carbons (Fsp3) is 0.522. The van der Waals surface area contributed by atoms with Crippen molar-refractivity contribution in [2.45, 2.75) is 57.7 Å². The standard InChI is InChI=1S/C23H31IO7/c1-15(8-7-11-24)29-22(26)21-16(12-17(27-4)13-19(21)28-5)9-6-10-18-20(14-25)31-23(2,3)30-18/h6-7,9,11-13,15,18,20,25H,8,10,14H2,1-5H3/b9-6+,11-7-/t15-,18-,20+/m0/s1. The van der Waals surface area contributed by atoms with Crippen LogP contribution in [0.1, 0.15) is 49.5 Å². The molecule has 2 rings (SSSR count). The van der Waals surface area contributed by atoms with Crippen molar-refractivity contribution < 1.29 is 33.6 Å². The highest BCUT2D eigenvalue weighted by Crippen LogP contribution is 2.33. The predicted molar refractivity (Wildman–Crippen MR) is 127 cm³/mol. The third kappa shape index (κ3) is 7.20. The summed E-state index contributed by atoms with van der Waals surface area (Å²) in [5.74, 6) is -0.287. The molecule has 0 aliphatic carbocycles. The van der Waals surface area contributed by atoms with Crippen LogP contribution in [-0.4, -0.2) is 56.0 Å². The van der Waals surface area contributed by atoms with Crippen LogP contribution in [0.25, 0.3) is 6.08 Å². The van der Waals surface area contributed by atoms with Gasteiger partial charge in [0, 0.05) is 12.5 Å². The van der Waals surface area contributed by atoms with Gasteiger partial charge >= 0.3 is 5.97 Å². The normalized spacial score (nSPS) is 21.5. The van der Waals surface area contributed by atoms with E-state index >= 15 is 0 Å². The van der Waals surface area contributed by atoms with Crippen molar-refractivity contribution in [2.24, 2.45) is 0 Å². The molecular weight excluding hydrogens is 515 g/mol. The average molecular weight is 546 g/mol. The first-order valence-electron chi connectivity index (χ1n) is 10.1. The van der Waals surface area contributed by atoms with Gasteiger partial charge in [0.1, 0.15) is 29.3 Å². The Kier molecular flexibility index (Phi) is 9.80. The van der Waals surface area contributed by atoms with Crippen LogP contribution < -0.4 is 9.47 Å². The molecule has 0 bridgehead atoms. The van der Waals surface area contributed by atoms with E-state index in [0.717, 1.165) is 0 Å². The molecule has 8 heteroatoms. The molecule has 1 fully saturated rings. The molecule has 1 heterocycles. The molecule has 0 spiro atoms. The van der Waals surface area contributed by atoms with Gasteiger partial charge in [-0.05, 0) is 42.9 Å². The van der Waals surface area contributed by atoms with Crippen molar-refractivity contribution in [1.29, 1.82) is 0 Å². The second kappa shape index (κ2) is 11.8. The Bertz CT molecular complexity index is 803. The van der Waals surface area contributed by atoms with Gasteiger partial charge in [-0.3, -0.25) is 0 Å². The Hall–Kier alpha value is -1.62. The minimum absolute atomic E-state index is 0.129. The zero-order chi connectivity index (χ0) is 23.0. The van der Waals surface area contributed by atoms with Gasteiger partial charge in [0.15, 0.2) is 5.79 Å². The number of esters is 1. The second-order valence-corrected chi connectivity index (χ2v) is 8.36. The summed E-state index contributed by atoms with van der Waals surface area (Å²) in [6, 6.07) is 3.41. The summed E-state index contributed by atoms with van der Waals surface area (Å²) in [5.41, 5.74) is 0.934. The largest absolute Gasteiger partial charge is 0.497 e. The second-order valence-electron chi connectivity index (χ2n) is 7.64. The average Bonchev–Trinajstić information content (AvgIpc) is 3.04. The molecule has 3 atom stereocenters. The molecule has 1 aromatic carbocycles. The Balaban J connectivity index is 2.28. The fourth-order valence-electron chi connectivity index (χ4n) is 3.36. The predicted octanol–water partition coefficient (Wildman–Crippen LogP) is 4.50. The number of aliphatic hydroxyl groups is 1. The maximum absolute atomic E-state index is 12.9. The van der Waals surface area contributed by atoms with Crippen LogP contribution in [0.2, 0.25) is 0 Å². The van der Waals surface area contributed by atoms with Crippen LogP contribution in [0.15, 0.2) is 28.4 Å². The van der Waals surface area contributed by atoms with Gasteiger partial charge in [-0.25, -0.2) is 4.79 Å². The molecule has 1 saturated heterocycles. The number of carbonyl (C=O) groups excluding carboxylic acids is 1. The lowest BCUT2D eigenvalue weighted by atomic mass is 10.0. The molecule has 1 N–H and O–H groups in total. The van der Waals surface area contributed by atoms with Crippen LogP contribution in [0.4, 0.5) is 0 Å². The van der Waals surface area contributed by atoms with Gasteiger partial charge < -0.3 is 28.8 Å². The van der Waals surface area contributed by atoms with Gasteiger partial charge in [0.2, 0.25) is 0 Å². The minimum Gasteiger partial charge on any atom is -0.497 e. The van der Waals surface area contributed by atoms with Gasteiger partial charge in [-0.2, -0.15) is 0 Å². The van der Waals surface area contributed by atoms with Gasteiger partial charge in [0.25, 0.3) is 0 Å². The molecule has 0 aromatic heterocycles. The summed E-state index contributed by atoms with van der Waals surface area (Å²) in [6.07, 6.45) is 5.77. The number of hydrogen-bond acceptors (Lipinski definition) is 7. The quantitative estimate of drug-likeness (QED) is 0.342. The van der Waals surface area contributed by atoms with E-state index in [0.29, 0.717) is 35.5 Å². The monoisotopic (exact) mass is 546 g/mol. The summed E-state index contributed by atoms with van der Waals surface area (Å²) in [4.78, 5) is 12.9. The Morgan fingerprint density at radius 2 is 1.94 bits per heavy atom. The van der Waals surface area contributed by atoms with Crippen molar-refractivity contribution in [3.63, 3.8) is 0 Å². The molecule has 7 nitrogen and oxygen atoms in total. The number of benzene rings is 1. The number of hydrogen-bond donors (Lipinski definition) is 1. The number of aliphatic hydroxyl groups excluding tert-OH is 1. The molecule has 0 amide bonds. The first-order chi connectivity index (χ1) is 14.7. The van der Waals surface area contributed by atoms with Crippen LogP contribution in [0, 0.1) is 0 Å². The van der Waals surface area contributed by atoms with Crippen LogP contribution in [0.3, 0.4) is 0 Å². The van der Waals surface area contributed by atoms with E-state index in [2.05, 4.69) is 22.6 Å². The Morgan fingerprint density at radius 1 is 1.23 bits per heavy atom. The Morgan fingerprint density at radius 3 is 2.55 bits per heavy atom. The van der Waals surface area contributed by atoms with Crippen molar-refractivity contribution >= 4 is 34.6 Å². The van der Waals surface area contributed by atoms with E-state index in [4.69, 9.17) is 23.7 Å². The maximum Gasteiger partial charge on any atom is 0.342 e. The number of halogens is 1. The van der Waals surface area contributed by atoms with Gasteiger partial charge in [-0.15, -0.1) is 0 Å². The third-order valence-corrected chi connectivity index (χ3v) is 5.27. The van der Waals surface area contributed by atoms with Crippen molar-refractivity contribution in [3.8, 4) is 11.5 Å². The molecular formula is C23H31IO7. The van der Waals surface area contributed by atoms with Gasteiger partial charge in [0.05, 0.1) is 26.9 Å². The minimum atomic E-state index is -0.747. The lowest BCUT2D eigenvalue weighted by Gasteiger charge is -2.17. The molecule has 1 aliphatic rings. The molecule has 0 radical (unpaired) electrons. The highest BCUT2D eigenvalue weighted by Gasteiger charge is 2.40. The highest BCUT2D eigenvalue weighted by molar-refractivity contribution is 14.1. The summed E-state index contributed by atoms with van der Waals surface area (Å²) in [7, 11) is 3.05. The van der Waals surface area contributed by atoms with Crippen LogP contribution in [0.5, 0.6) is 11.5 Å². The SMILES string of the molecule is COc1cc(/C=C/C[C@@H]2OC(C)(C)O[C@@H]2CO)c(C(=O)O[C@@H](C)C/C=C\I)c(OC)c1. The maximum atomic E-state index is 12.9. The smallest absolute Gasteiger partial charge is 0.342 e. The number of rotatable bonds is 10. The van der Waals surface area contributed by atoms with E-state index in [1.165, 1.54) is 7.11 Å². The molecule has 1 aromatic rings. The van der Waals surface area contributed by atoms with Crippen molar-refractivity contribution in [1.82, 2.24) is 0 Å². The van der Waals surface area contributed by atoms with Crippen molar-refractivity contribution in [3.05, 3.63) is 39.5 Å². The molecule has 1 aliphatic heterocycles. The number of ether oxygens (including phenoxy) is 5. The fourth-order valence-corrected chi connectivity index (χ4v) is 3.66. The highest BCUT2D eigenvalue weighted by atomic mass is 127. The zero-order valence-electron chi connectivity index (χ0n) is 18.6. The topological polar surface area (TPSA) is 83.5 Å². The molecule has 0 unspecified atom stereocenters. The van der Waals surface area contributed by atoms with Crippen LogP contribution >= 0.6 is 22.6 Å². The van der Waals surface area contributed by atoms with Gasteiger partial charge in [-0.1, -0.05) is 40.8 Å². The summed E-state index contributed by atoms with van der Waals surface area (Å²) < 4.78 is 29.9. The summed E-state index contributed by atoms with van der Waals surface area (Å²) >= 11 is 2.13. The summed E-state index contributed by atoms with van der Waals surface area (Å²) in [5, 5.41) is 9.56. The van der Waals surface area contributed by atoms with E-state index in [9.17, 15) is 9.90 Å². The van der Waals surface area contributed by atoms with Crippen molar-refractivity contribution in [2.75, 3.05) is 20.8 Å². The first kappa shape index (κ1) is 25.6. The van der Waals surface area contributed by atoms with Crippen LogP contribution in [-0.2, 0) is 14.2 Å². The summed E-state index contributed by atoms with van der Waals surface area (Å²) in [6.45, 7) is 5.34. The van der Waals surface area contributed by atoms with E-state index in [1.807, 2.05) is 37.0 Å². The number of carbonyl (C=O) groups is 1. The zero-order valence-corrected chi connectivity index (χ0v) is 20.7. The van der Waals surface area contributed by atoms with E-state index in [1.54, 1.807) is 25.3 Å². The lowest BCUT2D eigenvalue weighted by molar-refractivity contribution is -0.148. The third-order valence-electron chi connectivity index (χ3n) is 4.76.